The van der Waals surface area contributed by atoms with Crippen LogP contribution < -0.4 is 25.1 Å². The van der Waals surface area contributed by atoms with Crippen molar-refractivity contribution in [3.05, 3.63) is 53.1 Å². The van der Waals surface area contributed by atoms with Crippen molar-refractivity contribution in [3.63, 3.8) is 0 Å². The Balaban J connectivity index is 1.58. The highest BCUT2D eigenvalue weighted by molar-refractivity contribution is 5.81. The van der Waals surface area contributed by atoms with E-state index in [9.17, 15) is 0 Å². The minimum atomic E-state index is 0.334. The van der Waals surface area contributed by atoms with Gasteiger partial charge >= 0.3 is 0 Å². The van der Waals surface area contributed by atoms with Crippen LogP contribution in [0.3, 0.4) is 0 Å². The van der Waals surface area contributed by atoms with Gasteiger partial charge in [0, 0.05) is 18.8 Å². The van der Waals surface area contributed by atoms with Crippen molar-refractivity contribution >= 4 is 29.7 Å². The lowest BCUT2D eigenvalue weighted by Gasteiger charge is -2.27. The van der Waals surface area contributed by atoms with Gasteiger partial charge in [-0.3, -0.25) is 0 Å². The molecular formula is C24H29N7O3. The van der Waals surface area contributed by atoms with E-state index >= 15 is 0 Å². The van der Waals surface area contributed by atoms with Crippen LogP contribution in [0.15, 0.2) is 41.5 Å². The first-order chi connectivity index (χ1) is 16.6. The van der Waals surface area contributed by atoms with Crippen molar-refractivity contribution < 1.29 is 14.2 Å². The molecule has 0 amide bonds. The fourth-order valence-corrected chi connectivity index (χ4v) is 3.46. The number of rotatable bonds is 8. The molecule has 2 N–H and O–H groups in total. The minimum absolute atomic E-state index is 0.334. The lowest BCUT2D eigenvalue weighted by molar-refractivity contribution is 0.122. The van der Waals surface area contributed by atoms with Crippen LogP contribution in [0.25, 0.3) is 0 Å². The molecular weight excluding hydrogens is 434 g/mol. The number of nitrogens with one attached hydrogen (secondary N) is 2. The summed E-state index contributed by atoms with van der Waals surface area (Å²) in [5.74, 6) is 2.62. The fourth-order valence-electron chi connectivity index (χ4n) is 3.46. The predicted octanol–water partition coefficient (Wildman–Crippen LogP) is 3.53. The van der Waals surface area contributed by atoms with E-state index in [2.05, 4.69) is 53.9 Å². The molecule has 2 aromatic carbocycles. The van der Waals surface area contributed by atoms with Crippen molar-refractivity contribution in [2.24, 2.45) is 5.10 Å². The van der Waals surface area contributed by atoms with E-state index < -0.39 is 0 Å². The van der Waals surface area contributed by atoms with Gasteiger partial charge in [-0.05, 0) is 54.8 Å². The normalized spacial score (nSPS) is 13.7. The van der Waals surface area contributed by atoms with Crippen LogP contribution in [0, 0.1) is 13.8 Å². The summed E-state index contributed by atoms with van der Waals surface area (Å²) < 4.78 is 16.1. The molecule has 1 fully saturated rings. The second-order valence-corrected chi connectivity index (χ2v) is 7.81. The highest BCUT2D eigenvalue weighted by Gasteiger charge is 2.17. The third-order valence-electron chi connectivity index (χ3n) is 5.34. The number of ether oxygens (including phenoxy) is 3. The summed E-state index contributed by atoms with van der Waals surface area (Å²) in [4.78, 5) is 15.8. The number of hydrazone groups is 1. The average molecular weight is 464 g/mol. The molecule has 1 aliphatic heterocycles. The van der Waals surface area contributed by atoms with Crippen molar-refractivity contribution in [1.29, 1.82) is 0 Å². The van der Waals surface area contributed by atoms with Gasteiger partial charge in [-0.25, -0.2) is 5.43 Å². The number of methoxy groups -OCH3 is 2. The van der Waals surface area contributed by atoms with Gasteiger partial charge in [0.1, 0.15) is 0 Å². The highest BCUT2D eigenvalue weighted by Crippen LogP contribution is 2.27. The lowest BCUT2D eigenvalue weighted by atomic mass is 10.1. The molecule has 4 rings (SSSR count). The van der Waals surface area contributed by atoms with Crippen LogP contribution in [-0.2, 0) is 4.74 Å². The van der Waals surface area contributed by atoms with Crippen LogP contribution in [0.2, 0.25) is 0 Å². The van der Waals surface area contributed by atoms with E-state index in [1.54, 1.807) is 20.4 Å². The van der Waals surface area contributed by atoms with Crippen LogP contribution in [-0.4, -0.2) is 61.7 Å². The van der Waals surface area contributed by atoms with Gasteiger partial charge in [0.2, 0.25) is 17.8 Å². The summed E-state index contributed by atoms with van der Waals surface area (Å²) in [6, 6.07) is 11.7. The Kier molecular flexibility index (Phi) is 7.38. The molecule has 10 heteroatoms. The molecule has 34 heavy (non-hydrogen) atoms. The van der Waals surface area contributed by atoms with Gasteiger partial charge in [0.25, 0.3) is 0 Å². The molecule has 0 bridgehead atoms. The molecule has 1 aromatic heterocycles. The third kappa shape index (κ3) is 5.70. The molecule has 0 radical (unpaired) electrons. The Labute approximate surface area is 199 Å². The second kappa shape index (κ2) is 10.8. The molecule has 0 atom stereocenters. The van der Waals surface area contributed by atoms with Crippen molar-refractivity contribution in [1.82, 2.24) is 15.0 Å². The van der Waals surface area contributed by atoms with E-state index in [0.717, 1.165) is 22.4 Å². The zero-order valence-corrected chi connectivity index (χ0v) is 19.8. The number of morpholine rings is 1. The third-order valence-corrected chi connectivity index (χ3v) is 5.34. The van der Waals surface area contributed by atoms with Crippen LogP contribution >= 0.6 is 0 Å². The van der Waals surface area contributed by atoms with Gasteiger partial charge in [0.05, 0.1) is 33.6 Å². The number of aryl methyl sites for hydroxylation is 2. The van der Waals surface area contributed by atoms with E-state index in [0.29, 0.717) is 55.6 Å². The molecule has 178 valence electrons. The van der Waals surface area contributed by atoms with Crippen molar-refractivity contribution in [3.8, 4) is 11.5 Å². The monoisotopic (exact) mass is 463 g/mol. The molecule has 0 saturated carbocycles. The van der Waals surface area contributed by atoms with Gasteiger partial charge in [-0.15, -0.1) is 0 Å². The molecule has 1 saturated heterocycles. The fraction of sp³-hybridized carbons (Fsp3) is 0.333. The molecule has 0 spiro atoms. The van der Waals surface area contributed by atoms with Gasteiger partial charge in [-0.2, -0.15) is 20.1 Å². The Morgan fingerprint density at radius 2 is 1.71 bits per heavy atom. The van der Waals surface area contributed by atoms with E-state index in [1.807, 2.05) is 32.0 Å². The van der Waals surface area contributed by atoms with Crippen molar-refractivity contribution in [2.45, 2.75) is 13.8 Å². The average Bonchev–Trinajstić information content (AvgIpc) is 2.86. The summed E-state index contributed by atoms with van der Waals surface area (Å²) in [7, 11) is 3.20. The Hall–Kier alpha value is -3.92. The first-order valence-electron chi connectivity index (χ1n) is 11.0. The van der Waals surface area contributed by atoms with E-state index in [1.165, 1.54) is 0 Å². The van der Waals surface area contributed by atoms with Gasteiger partial charge < -0.3 is 24.4 Å². The maximum absolute atomic E-state index is 5.47. The molecule has 2 heterocycles. The highest BCUT2D eigenvalue weighted by atomic mass is 16.5. The molecule has 3 aromatic rings. The summed E-state index contributed by atoms with van der Waals surface area (Å²) in [5.41, 5.74) is 6.95. The Morgan fingerprint density at radius 1 is 0.941 bits per heavy atom. The smallest absolute Gasteiger partial charge is 0.250 e. The summed E-state index contributed by atoms with van der Waals surface area (Å²) in [6.45, 7) is 6.77. The van der Waals surface area contributed by atoms with Crippen LogP contribution in [0.5, 0.6) is 11.5 Å². The Bertz CT molecular complexity index is 1160. The standard InChI is InChI=1S/C24H29N7O3/c1-16-5-6-17(2)19(13-16)26-22-27-23(29-24(28-22)31-9-11-34-12-10-31)30-25-15-18-7-8-20(32-3)21(14-18)33-4/h5-8,13-15H,9-12H2,1-4H3,(H2,26,27,28,29,30)/b25-15-. The number of benzene rings is 2. The number of hydrogen-bond donors (Lipinski definition) is 2. The molecule has 1 aliphatic rings. The summed E-state index contributed by atoms with van der Waals surface area (Å²) >= 11 is 0. The maximum atomic E-state index is 5.47. The van der Waals surface area contributed by atoms with E-state index in [4.69, 9.17) is 14.2 Å². The SMILES string of the molecule is COc1ccc(/C=N\Nc2nc(Nc3cc(C)ccc3C)nc(N3CCOCC3)n2)cc1OC. The second-order valence-electron chi connectivity index (χ2n) is 7.81. The predicted molar refractivity (Wildman–Crippen MR) is 133 cm³/mol. The first kappa shape index (κ1) is 23.2. The van der Waals surface area contributed by atoms with Gasteiger partial charge in [0.15, 0.2) is 11.5 Å². The summed E-state index contributed by atoms with van der Waals surface area (Å²) in [6.07, 6.45) is 1.66. The van der Waals surface area contributed by atoms with Crippen molar-refractivity contribution in [2.75, 3.05) is 56.2 Å². The molecule has 0 unspecified atom stereocenters. The summed E-state index contributed by atoms with van der Waals surface area (Å²) in [5, 5.41) is 7.64. The quantitative estimate of drug-likeness (QED) is 0.383. The molecule has 0 aliphatic carbocycles. The largest absolute Gasteiger partial charge is 0.493 e. The number of hydrogen-bond acceptors (Lipinski definition) is 10. The topological polar surface area (TPSA) is 106 Å². The zero-order chi connectivity index (χ0) is 23.9. The van der Waals surface area contributed by atoms with E-state index in [-0.39, 0.29) is 0 Å². The first-order valence-corrected chi connectivity index (χ1v) is 11.0. The van der Waals surface area contributed by atoms with Crippen LogP contribution in [0.4, 0.5) is 23.5 Å². The van der Waals surface area contributed by atoms with Crippen LogP contribution in [0.1, 0.15) is 16.7 Å². The lowest BCUT2D eigenvalue weighted by Crippen LogP contribution is -2.37. The Morgan fingerprint density at radius 3 is 2.47 bits per heavy atom. The molecule has 10 nitrogen and oxygen atoms in total. The maximum Gasteiger partial charge on any atom is 0.250 e. The zero-order valence-electron chi connectivity index (χ0n) is 19.8. The number of anilines is 4. The van der Waals surface area contributed by atoms with Gasteiger partial charge in [-0.1, -0.05) is 12.1 Å². The number of aromatic nitrogens is 3. The minimum Gasteiger partial charge on any atom is -0.493 e. The number of nitrogens with zero attached hydrogens (tertiary/aromatic N) is 5.